The molecule has 31 heavy (non-hydrogen) atoms. The lowest BCUT2D eigenvalue weighted by Gasteiger charge is -2.26. The molecule has 0 spiro atoms. The molecule has 2 aromatic carbocycles. The summed E-state index contributed by atoms with van der Waals surface area (Å²) >= 11 is 0. The molecule has 0 aliphatic carbocycles. The maximum atomic E-state index is 12.9. The summed E-state index contributed by atoms with van der Waals surface area (Å²) in [6.45, 7) is 4.57. The summed E-state index contributed by atoms with van der Waals surface area (Å²) in [6.07, 6.45) is 0.848. The van der Waals surface area contributed by atoms with Gasteiger partial charge in [0.25, 0.3) is 11.8 Å². The lowest BCUT2D eigenvalue weighted by Crippen LogP contribution is -2.40. The van der Waals surface area contributed by atoms with Crippen LogP contribution in [0.15, 0.2) is 47.4 Å². The van der Waals surface area contributed by atoms with E-state index in [1.54, 1.807) is 29.2 Å². The number of hydrogen-bond donors (Lipinski definition) is 1. The van der Waals surface area contributed by atoms with E-state index in [1.807, 2.05) is 13.0 Å². The van der Waals surface area contributed by atoms with E-state index in [0.29, 0.717) is 56.2 Å². The van der Waals surface area contributed by atoms with E-state index in [4.69, 9.17) is 4.74 Å². The molecular formula is C22H25N3O5S. The molecule has 2 amide bonds. The number of nitrogens with one attached hydrogen (secondary N) is 1. The number of anilines is 1. The molecule has 4 rings (SSSR count). The standard InChI is InChI=1S/C22H25N3O5S/c1-2-10-24-15-16-4-3-5-19(20(16)22(24)27)21(26)23-17-6-8-18(9-7-17)31(28,29)25-11-13-30-14-12-25/h3-9H,2,10-15H2,1H3,(H,23,26). The zero-order valence-corrected chi connectivity index (χ0v) is 18.2. The number of hydrogen-bond acceptors (Lipinski definition) is 5. The van der Waals surface area contributed by atoms with Gasteiger partial charge in [-0.2, -0.15) is 4.31 Å². The molecule has 2 aromatic rings. The van der Waals surface area contributed by atoms with Gasteiger partial charge in [-0.25, -0.2) is 8.42 Å². The van der Waals surface area contributed by atoms with Crippen molar-refractivity contribution in [2.24, 2.45) is 0 Å². The Labute approximate surface area is 181 Å². The normalized spacial score (nSPS) is 16.9. The second-order valence-electron chi connectivity index (χ2n) is 7.56. The summed E-state index contributed by atoms with van der Waals surface area (Å²) < 4.78 is 32.1. The molecular weight excluding hydrogens is 418 g/mol. The molecule has 9 heteroatoms. The lowest BCUT2D eigenvalue weighted by molar-refractivity contribution is 0.0730. The van der Waals surface area contributed by atoms with Crippen LogP contribution in [-0.4, -0.2) is 62.3 Å². The van der Waals surface area contributed by atoms with Gasteiger partial charge in [-0.05, 0) is 42.3 Å². The first-order valence-corrected chi connectivity index (χ1v) is 11.8. The molecule has 164 valence electrons. The predicted octanol–water partition coefficient (Wildman–Crippen LogP) is 2.33. The quantitative estimate of drug-likeness (QED) is 0.739. The van der Waals surface area contributed by atoms with Gasteiger partial charge in [-0.15, -0.1) is 0 Å². The van der Waals surface area contributed by atoms with E-state index in [9.17, 15) is 18.0 Å². The number of ether oxygens (including phenoxy) is 1. The van der Waals surface area contributed by atoms with Crippen LogP contribution in [0.2, 0.25) is 0 Å². The number of benzene rings is 2. The molecule has 0 radical (unpaired) electrons. The highest BCUT2D eigenvalue weighted by Gasteiger charge is 2.31. The summed E-state index contributed by atoms with van der Waals surface area (Å²) in [5.74, 6) is -0.526. The van der Waals surface area contributed by atoms with Gasteiger partial charge in [0.05, 0.1) is 29.2 Å². The summed E-state index contributed by atoms with van der Waals surface area (Å²) in [5, 5.41) is 2.78. The lowest BCUT2D eigenvalue weighted by atomic mass is 10.0. The number of amides is 2. The molecule has 0 aromatic heterocycles. The fourth-order valence-electron chi connectivity index (χ4n) is 3.90. The summed E-state index contributed by atoms with van der Waals surface area (Å²) in [6, 6.07) is 11.3. The molecule has 1 saturated heterocycles. The topological polar surface area (TPSA) is 96.0 Å². The van der Waals surface area contributed by atoms with Crippen molar-refractivity contribution in [3.63, 3.8) is 0 Å². The Morgan fingerprint density at radius 3 is 2.48 bits per heavy atom. The van der Waals surface area contributed by atoms with E-state index < -0.39 is 15.9 Å². The Morgan fingerprint density at radius 1 is 1.10 bits per heavy atom. The van der Waals surface area contributed by atoms with E-state index >= 15 is 0 Å². The fourth-order valence-corrected chi connectivity index (χ4v) is 5.31. The van der Waals surface area contributed by atoms with E-state index in [-0.39, 0.29) is 10.8 Å². The van der Waals surface area contributed by atoms with Crippen molar-refractivity contribution >= 4 is 27.5 Å². The van der Waals surface area contributed by atoms with E-state index in [2.05, 4.69) is 5.32 Å². The van der Waals surface area contributed by atoms with Crippen molar-refractivity contribution in [3.8, 4) is 0 Å². The van der Waals surface area contributed by atoms with Crippen molar-refractivity contribution in [1.82, 2.24) is 9.21 Å². The molecule has 0 saturated carbocycles. The number of carbonyl (C=O) groups excluding carboxylic acids is 2. The van der Waals surface area contributed by atoms with E-state index in [1.165, 1.54) is 16.4 Å². The maximum absolute atomic E-state index is 12.9. The molecule has 2 heterocycles. The fraction of sp³-hybridized carbons (Fsp3) is 0.364. The van der Waals surface area contributed by atoms with Crippen LogP contribution in [0.1, 0.15) is 39.6 Å². The van der Waals surface area contributed by atoms with Gasteiger partial charge in [0, 0.05) is 31.9 Å². The van der Waals surface area contributed by atoms with Crippen molar-refractivity contribution < 1.29 is 22.7 Å². The first-order chi connectivity index (χ1) is 14.9. The summed E-state index contributed by atoms with van der Waals surface area (Å²) in [7, 11) is -3.60. The number of rotatable bonds is 6. The Morgan fingerprint density at radius 2 is 1.81 bits per heavy atom. The van der Waals surface area contributed by atoms with Crippen molar-refractivity contribution in [3.05, 3.63) is 59.2 Å². The molecule has 0 bridgehead atoms. The number of carbonyl (C=O) groups is 2. The molecule has 2 aliphatic heterocycles. The van der Waals surface area contributed by atoms with Gasteiger partial charge >= 0.3 is 0 Å². The Bertz CT molecular complexity index is 1090. The minimum atomic E-state index is -3.60. The zero-order chi connectivity index (χ0) is 22.0. The van der Waals surface area contributed by atoms with Crippen LogP contribution in [0, 0.1) is 0 Å². The first-order valence-electron chi connectivity index (χ1n) is 10.3. The average Bonchev–Trinajstić information content (AvgIpc) is 3.10. The minimum Gasteiger partial charge on any atom is -0.379 e. The average molecular weight is 444 g/mol. The molecule has 0 unspecified atom stereocenters. The van der Waals surface area contributed by atoms with Crippen molar-refractivity contribution in [1.29, 1.82) is 0 Å². The third-order valence-electron chi connectivity index (χ3n) is 5.47. The second kappa shape index (κ2) is 8.78. The van der Waals surface area contributed by atoms with Crippen molar-refractivity contribution in [2.45, 2.75) is 24.8 Å². The van der Waals surface area contributed by atoms with Gasteiger partial charge in [-0.3, -0.25) is 9.59 Å². The number of nitrogens with zero attached hydrogens (tertiary/aromatic N) is 2. The van der Waals surface area contributed by atoms with Gasteiger partial charge in [0.2, 0.25) is 10.0 Å². The highest BCUT2D eigenvalue weighted by atomic mass is 32.2. The van der Waals surface area contributed by atoms with Crippen LogP contribution in [-0.2, 0) is 21.3 Å². The highest BCUT2D eigenvalue weighted by molar-refractivity contribution is 7.89. The second-order valence-corrected chi connectivity index (χ2v) is 9.50. The number of fused-ring (bicyclic) bond motifs is 1. The molecule has 2 aliphatic rings. The van der Waals surface area contributed by atoms with Gasteiger partial charge in [-0.1, -0.05) is 19.1 Å². The van der Waals surface area contributed by atoms with Crippen LogP contribution in [0.5, 0.6) is 0 Å². The number of sulfonamides is 1. The van der Waals surface area contributed by atoms with Crippen LogP contribution < -0.4 is 5.32 Å². The zero-order valence-electron chi connectivity index (χ0n) is 17.3. The molecule has 0 atom stereocenters. The maximum Gasteiger partial charge on any atom is 0.256 e. The largest absolute Gasteiger partial charge is 0.379 e. The Hall–Kier alpha value is -2.75. The Balaban J connectivity index is 1.51. The monoisotopic (exact) mass is 443 g/mol. The minimum absolute atomic E-state index is 0.130. The van der Waals surface area contributed by atoms with Crippen LogP contribution in [0.4, 0.5) is 5.69 Å². The number of morpholine rings is 1. The van der Waals surface area contributed by atoms with Crippen LogP contribution in [0.25, 0.3) is 0 Å². The molecule has 1 fully saturated rings. The molecule has 8 nitrogen and oxygen atoms in total. The summed E-state index contributed by atoms with van der Waals surface area (Å²) in [5.41, 5.74) is 2.07. The Kier molecular flexibility index (Phi) is 6.08. The van der Waals surface area contributed by atoms with Crippen molar-refractivity contribution in [2.75, 3.05) is 38.2 Å². The SMILES string of the molecule is CCCN1Cc2cccc(C(=O)Nc3ccc(S(=O)(=O)N4CCOCC4)cc3)c2C1=O. The van der Waals surface area contributed by atoms with E-state index in [0.717, 1.165) is 12.0 Å². The highest BCUT2D eigenvalue weighted by Crippen LogP contribution is 2.27. The van der Waals surface area contributed by atoms with Gasteiger partial charge in [0.15, 0.2) is 0 Å². The van der Waals surface area contributed by atoms with Crippen LogP contribution >= 0.6 is 0 Å². The smallest absolute Gasteiger partial charge is 0.256 e. The van der Waals surface area contributed by atoms with Gasteiger partial charge < -0.3 is 15.0 Å². The molecule has 1 N–H and O–H groups in total. The third-order valence-corrected chi connectivity index (χ3v) is 7.38. The summed E-state index contributed by atoms with van der Waals surface area (Å²) in [4.78, 5) is 27.5. The predicted molar refractivity (Wildman–Crippen MR) is 115 cm³/mol. The third kappa shape index (κ3) is 4.21. The van der Waals surface area contributed by atoms with Gasteiger partial charge in [0.1, 0.15) is 0 Å². The van der Waals surface area contributed by atoms with Crippen LogP contribution in [0.3, 0.4) is 0 Å². The first kappa shape index (κ1) is 21.5.